The maximum absolute atomic E-state index is 12.8. The second kappa shape index (κ2) is 11.6. The van der Waals surface area contributed by atoms with Crippen LogP contribution in [0.2, 0.25) is 5.02 Å². The molecule has 33 heavy (non-hydrogen) atoms. The van der Waals surface area contributed by atoms with Gasteiger partial charge in [0, 0.05) is 28.6 Å². The lowest BCUT2D eigenvalue weighted by atomic mass is 10.1. The molecule has 3 amide bonds. The highest BCUT2D eigenvalue weighted by Crippen LogP contribution is 2.17. The number of nitrogens with one attached hydrogen (secondary N) is 2. The average molecular weight is 485 g/mol. The standard InChI is InChI=1S/C24H25ClN4O3S/c1-16(2)29(23(32)18-8-10-19(25)11-9-18)14-22(31)28-24-27-20(15-33-24)12-21(30)26-13-17-6-4-3-5-7-17/h3-11,15-16H,12-14H2,1-2H3,(H,26,30)(H,27,28,31). The van der Waals surface area contributed by atoms with Gasteiger partial charge in [0.05, 0.1) is 12.1 Å². The first-order chi connectivity index (χ1) is 15.8. The summed E-state index contributed by atoms with van der Waals surface area (Å²) >= 11 is 7.13. The van der Waals surface area contributed by atoms with Gasteiger partial charge in [0.2, 0.25) is 11.8 Å². The topological polar surface area (TPSA) is 91.4 Å². The minimum atomic E-state index is -0.361. The second-order valence-corrected chi connectivity index (χ2v) is 8.96. The van der Waals surface area contributed by atoms with Crippen LogP contribution in [0, 0.1) is 0 Å². The fourth-order valence-corrected chi connectivity index (χ4v) is 3.88. The molecule has 0 atom stereocenters. The first-order valence-electron chi connectivity index (χ1n) is 10.4. The molecule has 0 spiro atoms. The van der Waals surface area contributed by atoms with E-state index < -0.39 is 0 Å². The fraction of sp³-hybridized carbons (Fsp3) is 0.250. The molecule has 9 heteroatoms. The van der Waals surface area contributed by atoms with Crippen LogP contribution in [-0.4, -0.2) is 40.2 Å². The number of thiazole rings is 1. The van der Waals surface area contributed by atoms with Crippen LogP contribution in [-0.2, 0) is 22.6 Å². The molecule has 0 fully saturated rings. The van der Waals surface area contributed by atoms with Gasteiger partial charge in [-0.2, -0.15) is 0 Å². The highest BCUT2D eigenvalue weighted by molar-refractivity contribution is 7.13. The predicted octanol–water partition coefficient (Wildman–Crippen LogP) is 4.14. The normalized spacial score (nSPS) is 10.7. The molecule has 0 aliphatic carbocycles. The van der Waals surface area contributed by atoms with E-state index in [0.29, 0.717) is 28.0 Å². The number of carbonyl (C=O) groups excluding carboxylic acids is 3. The molecule has 1 aromatic heterocycles. The van der Waals surface area contributed by atoms with Crippen molar-refractivity contribution in [3.63, 3.8) is 0 Å². The Morgan fingerprint density at radius 2 is 1.73 bits per heavy atom. The zero-order valence-corrected chi connectivity index (χ0v) is 19.9. The third-order valence-corrected chi connectivity index (χ3v) is 5.82. The number of hydrogen-bond donors (Lipinski definition) is 2. The summed E-state index contributed by atoms with van der Waals surface area (Å²) in [5.41, 5.74) is 2.04. The lowest BCUT2D eigenvalue weighted by Crippen LogP contribution is -2.42. The number of benzene rings is 2. The molecule has 7 nitrogen and oxygen atoms in total. The van der Waals surface area contributed by atoms with Crippen LogP contribution in [0.25, 0.3) is 0 Å². The highest BCUT2D eigenvalue weighted by atomic mass is 35.5. The molecule has 172 valence electrons. The summed E-state index contributed by atoms with van der Waals surface area (Å²) in [6, 6.07) is 16.0. The molecular weight excluding hydrogens is 460 g/mol. The third-order valence-electron chi connectivity index (χ3n) is 4.76. The Hall–Kier alpha value is -3.23. The molecule has 0 radical (unpaired) electrons. The number of halogens is 1. The Labute approximate surface area is 201 Å². The van der Waals surface area contributed by atoms with E-state index in [9.17, 15) is 14.4 Å². The number of carbonyl (C=O) groups is 3. The number of amides is 3. The van der Waals surface area contributed by atoms with Gasteiger partial charge in [0.15, 0.2) is 5.13 Å². The van der Waals surface area contributed by atoms with Crippen molar-refractivity contribution in [2.24, 2.45) is 0 Å². The van der Waals surface area contributed by atoms with Crippen molar-refractivity contribution in [2.45, 2.75) is 32.9 Å². The summed E-state index contributed by atoms with van der Waals surface area (Å²) < 4.78 is 0. The summed E-state index contributed by atoms with van der Waals surface area (Å²) in [6.07, 6.45) is 0.117. The summed E-state index contributed by atoms with van der Waals surface area (Å²) in [5.74, 6) is -0.770. The largest absolute Gasteiger partial charge is 0.352 e. The van der Waals surface area contributed by atoms with Gasteiger partial charge < -0.3 is 15.5 Å². The van der Waals surface area contributed by atoms with E-state index >= 15 is 0 Å². The smallest absolute Gasteiger partial charge is 0.254 e. The van der Waals surface area contributed by atoms with Gasteiger partial charge in [-0.3, -0.25) is 14.4 Å². The molecule has 0 aliphatic rings. The van der Waals surface area contributed by atoms with Crippen LogP contribution in [0.5, 0.6) is 0 Å². The van der Waals surface area contributed by atoms with E-state index in [0.717, 1.165) is 5.56 Å². The van der Waals surface area contributed by atoms with Gasteiger partial charge >= 0.3 is 0 Å². The van der Waals surface area contributed by atoms with E-state index in [1.165, 1.54) is 16.2 Å². The van der Waals surface area contributed by atoms with Gasteiger partial charge in [0.25, 0.3) is 5.91 Å². The van der Waals surface area contributed by atoms with E-state index in [2.05, 4.69) is 15.6 Å². The van der Waals surface area contributed by atoms with Crippen molar-refractivity contribution in [1.29, 1.82) is 0 Å². The van der Waals surface area contributed by atoms with Crippen LogP contribution in [0.4, 0.5) is 5.13 Å². The van der Waals surface area contributed by atoms with Crippen molar-refractivity contribution in [3.8, 4) is 0 Å². The zero-order valence-electron chi connectivity index (χ0n) is 18.4. The van der Waals surface area contributed by atoms with Crippen molar-refractivity contribution < 1.29 is 14.4 Å². The van der Waals surface area contributed by atoms with Crippen molar-refractivity contribution >= 4 is 45.8 Å². The minimum Gasteiger partial charge on any atom is -0.352 e. The molecule has 3 rings (SSSR count). The van der Waals surface area contributed by atoms with Gasteiger partial charge in [-0.15, -0.1) is 11.3 Å². The lowest BCUT2D eigenvalue weighted by Gasteiger charge is -2.26. The van der Waals surface area contributed by atoms with E-state index in [1.54, 1.807) is 29.6 Å². The molecule has 0 aliphatic heterocycles. The van der Waals surface area contributed by atoms with Crippen LogP contribution in [0.15, 0.2) is 60.0 Å². The molecular formula is C24H25ClN4O3S. The Morgan fingerprint density at radius 1 is 1.03 bits per heavy atom. The molecule has 1 heterocycles. The summed E-state index contributed by atoms with van der Waals surface area (Å²) in [7, 11) is 0. The SMILES string of the molecule is CC(C)N(CC(=O)Nc1nc(CC(=O)NCc2ccccc2)cs1)C(=O)c1ccc(Cl)cc1. The number of aromatic nitrogens is 1. The van der Waals surface area contributed by atoms with Gasteiger partial charge in [-0.25, -0.2) is 4.98 Å². The molecule has 0 unspecified atom stereocenters. The Kier molecular flexibility index (Phi) is 8.57. The van der Waals surface area contributed by atoms with E-state index in [-0.39, 0.29) is 36.7 Å². The van der Waals surface area contributed by atoms with Gasteiger partial charge in [0.1, 0.15) is 6.54 Å². The highest BCUT2D eigenvalue weighted by Gasteiger charge is 2.22. The Bertz CT molecular complexity index is 1100. The lowest BCUT2D eigenvalue weighted by molar-refractivity contribution is -0.120. The molecule has 0 saturated carbocycles. The van der Waals surface area contributed by atoms with Crippen LogP contribution in [0.1, 0.15) is 35.5 Å². The minimum absolute atomic E-state index is 0.117. The summed E-state index contributed by atoms with van der Waals surface area (Å²) in [4.78, 5) is 43.4. The molecule has 3 aromatic rings. The first kappa shape index (κ1) is 24.4. The predicted molar refractivity (Wildman–Crippen MR) is 130 cm³/mol. The maximum atomic E-state index is 12.8. The van der Waals surface area contributed by atoms with Crippen molar-refractivity contribution in [1.82, 2.24) is 15.2 Å². The summed E-state index contributed by atoms with van der Waals surface area (Å²) in [6.45, 7) is 4.01. The number of nitrogens with zero attached hydrogens (tertiary/aromatic N) is 2. The second-order valence-electron chi connectivity index (χ2n) is 7.66. The van der Waals surface area contributed by atoms with Gasteiger partial charge in [-0.05, 0) is 43.7 Å². The third kappa shape index (κ3) is 7.40. The quantitative estimate of drug-likeness (QED) is 0.477. The molecule has 2 N–H and O–H groups in total. The van der Waals surface area contributed by atoms with E-state index in [1.807, 2.05) is 44.2 Å². The van der Waals surface area contributed by atoms with E-state index in [4.69, 9.17) is 11.6 Å². The maximum Gasteiger partial charge on any atom is 0.254 e. The number of rotatable bonds is 9. The summed E-state index contributed by atoms with van der Waals surface area (Å²) in [5, 5.41) is 8.22. The number of hydrogen-bond acceptors (Lipinski definition) is 5. The fourth-order valence-electron chi connectivity index (χ4n) is 3.03. The van der Waals surface area contributed by atoms with Crippen LogP contribution >= 0.6 is 22.9 Å². The Balaban J connectivity index is 1.52. The van der Waals surface area contributed by atoms with Gasteiger partial charge in [-0.1, -0.05) is 41.9 Å². The first-order valence-corrected chi connectivity index (χ1v) is 11.7. The molecule has 0 bridgehead atoms. The molecule has 0 saturated heterocycles. The monoisotopic (exact) mass is 484 g/mol. The van der Waals surface area contributed by atoms with Crippen LogP contribution < -0.4 is 10.6 Å². The van der Waals surface area contributed by atoms with Crippen molar-refractivity contribution in [3.05, 3.63) is 81.8 Å². The molecule has 2 aromatic carbocycles. The number of anilines is 1. The van der Waals surface area contributed by atoms with Crippen LogP contribution in [0.3, 0.4) is 0 Å². The zero-order chi connectivity index (χ0) is 23.8. The van der Waals surface area contributed by atoms with Crippen molar-refractivity contribution in [2.75, 3.05) is 11.9 Å². The average Bonchev–Trinajstić information content (AvgIpc) is 3.23. The Morgan fingerprint density at radius 3 is 2.39 bits per heavy atom.